The summed E-state index contributed by atoms with van der Waals surface area (Å²) >= 11 is 0. The van der Waals surface area contributed by atoms with E-state index in [1.54, 1.807) is 10.9 Å². The molecular formula is C19H29ClN6O. The molecule has 0 aliphatic carbocycles. The summed E-state index contributed by atoms with van der Waals surface area (Å²) in [7, 11) is 0. The summed E-state index contributed by atoms with van der Waals surface area (Å²) in [4.78, 5) is 24.1. The van der Waals surface area contributed by atoms with E-state index in [9.17, 15) is 4.79 Å². The van der Waals surface area contributed by atoms with Gasteiger partial charge in [0.15, 0.2) is 0 Å². The number of nitrogens with zero attached hydrogens (tertiary/aromatic N) is 5. The minimum atomic E-state index is 0. The van der Waals surface area contributed by atoms with Crippen LogP contribution in [-0.2, 0) is 0 Å². The fourth-order valence-corrected chi connectivity index (χ4v) is 3.64. The monoisotopic (exact) mass is 392 g/mol. The van der Waals surface area contributed by atoms with Crippen molar-refractivity contribution >= 4 is 18.3 Å². The van der Waals surface area contributed by atoms with E-state index in [0.717, 1.165) is 23.5 Å². The maximum Gasteiger partial charge on any atom is 0.257 e. The second kappa shape index (κ2) is 8.35. The Bertz CT molecular complexity index is 798. The van der Waals surface area contributed by atoms with Crippen LogP contribution in [0.2, 0.25) is 0 Å². The van der Waals surface area contributed by atoms with Gasteiger partial charge in [-0.1, -0.05) is 13.8 Å². The van der Waals surface area contributed by atoms with Gasteiger partial charge in [-0.25, -0.2) is 14.6 Å². The quantitative estimate of drug-likeness (QED) is 0.863. The van der Waals surface area contributed by atoms with Gasteiger partial charge >= 0.3 is 0 Å². The van der Waals surface area contributed by atoms with E-state index in [-0.39, 0.29) is 30.3 Å². The lowest BCUT2D eigenvalue weighted by molar-refractivity contribution is 0.0742. The van der Waals surface area contributed by atoms with Crippen molar-refractivity contribution in [1.82, 2.24) is 24.6 Å². The van der Waals surface area contributed by atoms with Crippen molar-refractivity contribution in [3.63, 3.8) is 0 Å². The maximum atomic E-state index is 13.2. The van der Waals surface area contributed by atoms with Gasteiger partial charge in [0.2, 0.25) is 0 Å². The second-order valence-electron chi connectivity index (χ2n) is 7.62. The third kappa shape index (κ3) is 4.30. The topological polar surface area (TPSA) is 89.9 Å². The Balaban J connectivity index is 0.00000261. The fraction of sp³-hybridized carbons (Fsp3) is 0.579. The highest BCUT2D eigenvalue weighted by Crippen LogP contribution is 2.27. The van der Waals surface area contributed by atoms with Crippen molar-refractivity contribution in [2.75, 3.05) is 13.1 Å². The Morgan fingerprint density at radius 1 is 1.30 bits per heavy atom. The molecule has 0 aromatic carbocycles. The van der Waals surface area contributed by atoms with Crippen molar-refractivity contribution in [3.8, 4) is 5.95 Å². The molecule has 0 bridgehead atoms. The number of aryl methyl sites for hydroxylation is 2. The fourth-order valence-electron chi connectivity index (χ4n) is 3.64. The minimum Gasteiger partial charge on any atom is -0.335 e. The first-order valence-electron chi connectivity index (χ1n) is 9.23. The standard InChI is InChI=1S/C19H28N6O.ClH/c1-11(2)17-16(18(26)24-9-15(8-20)7-14(24)5)10-25(23-17)19-21-12(3)6-13(4)22-19;/h6,10-11,14-15H,7-9,20H2,1-5H3;1H. The number of hydrogen-bond donors (Lipinski definition) is 1. The summed E-state index contributed by atoms with van der Waals surface area (Å²) < 4.78 is 1.63. The second-order valence-corrected chi connectivity index (χ2v) is 7.62. The van der Waals surface area contributed by atoms with Crippen LogP contribution in [-0.4, -0.2) is 49.7 Å². The average molecular weight is 393 g/mol. The van der Waals surface area contributed by atoms with Gasteiger partial charge in [0.05, 0.1) is 11.3 Å². The molecule has 3 heterocycles. The third-order valence-corrected chi connectivity index (χ3v) is 4.95. The number of nitrogens with two attached hydrogens (primary N) is 1. The first-order valence-corrected chi connectivity index (χ1v) is 9.23. The Hall–Kier alpha value is -1.99. The first kappa shape index (κ1) is 21.3. The summed E-state index contributed by atoms with van der Waals surface area (Å²) in [5.41, 5.74) is 8.97. The summed E-state index contributed by atoms with van der Waals surface area (Å²) in [5.74, 6) is 1.02. The molecule has 2 N–H and O–H groups in total. The molecule has 1 saturated heterocycles. The third-order valence-electron chi connectivity index (χ3n) is 4.95. The molecule has 2 aromatic heterocycles. The van der Waals surface area contributed by atoms with Crippen LogP contribution < -0.4 is 5.73 Å². The van der Waals surface area contributed by atoms with Gasteiger partial charge in [-0.05, 0) is 51.6 Å². The molecule has 27 heavy (non-hydrogen) atoms. The normalized spacial score (nSPS) is 19.4. The number of rotatable bonds is 4. The molecule has 1 fully saturated rings. The predicted molar refractivity (Wildman–Crippen MR) is 108 cm³/mol. The number of aromatic nitrogens is 4. The highest BCUT2D eigenvalue weighted by atomic mass is 35.5. The number of likely N-dealkylation sites (tertiary alicyclic amines) is 1. The lowest BCUT2D eigenvalue weighted by Gasteiger charge is -2.21. The maximum absolute atomic E-state index is 13.2. The number of carbonyl (C=O) groups excluding carboxylic acids is 1. The van der Waals surface area contributed by atoms with Crippen LogP contribution in [0.4, 0.5) is 0 Å². The molecule has 8 heteroatoms. The Labute approximate surface area is 166 Å². The number of carbonyl (C=O) groups is 1. The zero-order valence-electron chi connectivity index (χ0n) is 16.6. The average Bonchev–Trinajstić information content (AvgIpc) is 3.17. The largest absolute Gasteiger partial charge is 0.335 e. The first-order chi connectivity index (χ1) is 12.3. The van der Waals surface area contributed by atoms with E-state index in [2.05, 4.69) is 22.0 Å². The van der Waals surface area contributed by atoms with Crippen LogP contribution in [0, 0.1) is 19.8 Å². The van der Waals surface area contributed by atoms with Crippen molar-refractivity contribution in [2.24, 2.45) is 11.7 Å². The van der Waals surface area contributed by atoms with Crippen LogP contribution in [0.5, 0.6) is 0 Å². The van der Waals surface area contributed by atoms with Crippen LogP contribution in [0.3, 0.4) is 0 Å². The highest BCUT2D eigenvalue weighted by molar-refractivity contribution is 5.95. The number of amides is 1. The highest BCUT2D eigenvalue weighted by Gasteiger charge is 2.34. The van der Waals surface area contributed by atoms with Crippen molar-refractivity contribution in [3.05, 3.63) is 34.9 Å². The van der Waals surface area contributed by atoms with Gasteiger partial charge in [0.1, 0.15) is 0 Å². The van der Waals surface area contributed by atoms with Crippen LogP contribution in [0.1, 0.15) is 60.5 Å². The molecule has 148 valence electrons. The van der Waals surface area contributed by atoms with E-state index >= 15 is 0 Å². The summed E-state index contributed by atoms with van der Waals surface area (Å²) in [5, 5.41) is 4.64. The number of hydrogen-bond acceptors (Lipinski definition) is 5. The molecule has 0 radical (unpaired) electrons. The van der Waals surface area contributed by atoms with Crippen LogP contribution in [0.15, 0.2) is 12.3 Å². The van der Waals surface area contributed by atoms with Gasteiger partial charge in [0.25, 0.3) is 11.9 Å². The van der Waals surface area contributed by atoms with Gasteiger partial charge in [-0.3, -0.25) is 4.79 Å². The zero-order valence-corrected chi connectivity index (χ0v) is 17.5. The summed E-state index contributed by atoms with van der Waals surface area (Å²) in [6.45, 7) is 11.3. The van der Waals surface area contributed by atoms with Gasteiger partial charge < -0.3 is 10.6 Å². The summed E-state index contributed by atoms with van der Waals surface area (Å²) in [6, 6.07) is 2.11. The molecule has 3 rings (SSSR count). The molecule has 1 amide bonds. The molecule has 2 unspecified atom stereocenters. The van der Waals surface area contributed by atoms with Crippen molar-refractivity contribution < 1.29 is 4.79 Å². The SMILES string of the molecule is Cc1cc(C)nc(-n2cc(C(=O)N3CC(CN)CC3C)c(C(C)C)n2)n1.Cl. The molecule has 2 atom stereocenters. The van der Waals surface area contributed by atoms with Crippen LogP contribution in [0.25, 0.3) is 5.95 Å². The smallest absolute Gasteiger partial charge is 0.257 e. The number of halogens is 1. The van der Waals surface area contributed by atoms with Gasteiger partial charge in [-0.2, -0.15) is 5.10 Å². The van der Waals surface area contributed by atoms with Gasteiger partial charge in [-0.15, -0.1) is 12.4 Å². The molecular weight excluding hydrogens is 364 g/mol. The molecule has 0 spiro atoms. The van der Waals surface area contributed by atoms with Crippen LogP contribution >= 0.6 is 12.4 Å². The van der Waals surface area contributed by atoms with Gasteiger partial charge in [0, 0.05) is 30.2 Å². The Morgan fingerprint density at radius 2 is 1.93 bits per heavy atom. The minimum absolute atomic E-state index is 0. The van der Waals surface area contributed by atoms with E-state index in [1.165, 1.54) is 0 Å². The Kier molecular flexibility index (Phi) is 6.59. The van der Waals surface area contributed by atoms with Crippen molar-refractivity contribution in [1.29, 1.82) is 0 Å². The van der Waals surface area contributed by atoms with E-state index in [1.807, 2.05) is 38.7 Å². The lowest BCUT2D eigenvalue weighted by atomic mass is 10.1. The van der Waals surface area contributed by atoms with E-state index in [0.29, 0.717) is 30.5 Å². The lowest BCUT2D eigenvalue weighted by Crippen LogP contribution is -2.34. The molecule has 0 saturated carbocycles. The van der Waals surface area contributed by atoms with E-state index < -0.39 is 0 Å². The summed E-state index contributed by atoms with van der Waals surface area (Å²) in [6.07, 6.45) is 2.72. The molecule has 1 aliphatic heterocycles. The molecule has 1 aliphatic rings. The van der Waals surface area contributed by atoms with E-state index in [4.69, 9.17) is 5.73 Å². The van der Waals surface area contributed by atoms with Crippen molar-refractivity contribution in [2.45, 2.75) is 53.0 Å². The molecule has 7 nitrogen and oxygen atoms in total. The Morgan fingerprint density at radius 3 is 2.44 bits per heavy atom. The zero-order chi connectivity index (χ0) is 19.0. The molecule has 2 aromatic rings. The predicted octanol–water partition coefficient (Wildman–Crippen LogP) is 2.63.